The fraction of sp³-hybridized carbons (Fsp3) is 0.556. The molecule has 0 unspecified atom stereocenters. The van der Waals surface area contributed by atoms with Crippen molar-refractivity contribution in [1.82, 2.24) is 15.1 Å². The molecule has 8 nitrogen and oxygen atoms in total. The molecule has 0 aromatic heterocycles. The molecule has 0 atom stereocenters. The third-order valence-electron chi connectivity index (χ3n) is 2.20. The molecule has 4 amide bonds. The monoisotopic (exact) mass is 242 g/mol. The van der Waals surface area contributed by atoms with Gasteiger partial charge in [-0.1, -0.05) is 5.16 Å². The molecule has 0 spiro atoms. The fourth-order valence-electron chi connectivity index (χ4n) is 1.18. The van der Waals surface area contributed by atoms with Gasteiger partial charge in [-0.05, 0) is 6.92 Å². The lowest BCUT2D eigenvalue weighted by molar-refractivity contribution is -0.127. The average Bonchev–Trinajstić information content (AvgIpc) is 2.30. The standard InChI is InChI=1S/C9H14N4O4/c1-4-10-8(15)17-11-6-5-7(14)13(3)9(16)12(6)2/h4-5H2,1-3H3,(H,10,15). The van der Waals surface area contributed by atoms with Crippen LogP contribution in [0.2, 0.25) is 0 Å². The van der Waals surface area contributed by atoms with E-state index >= 15 is 0 Å². The zero-order valence-corrected chi connectivity index (χ0v) is 9.89. The molecule has 1 aliphatic rings. The van der Waals surface area contributed by atoms with Gasteiger partial charge in [0.1, 0.15) is 0 Å². The highest BCUT2D eigenvalue weighted by Crippen LogP contribution is 2.09. The second kappa shape index (κ2) is 5.28. The third-order valence-corrected chi connectivity index (χ3v) is 2.20. The Morgan fingerprint density at radius 1 is 1.41 bits per heavy atom. The van der Waals surface area contributed by atoms with Gasteiger partial charge in [-0.3, -0.25) is 19.4 Å². The van der Waals surface area contributed by atoms with Gasteiger partial charge in [0.2, 0.25) is 5.91 Å². The summed E-state index contributed by atoms with van der Waals surface area (Å²) in [7, 11) is 2.83. The maximum atomic E-state index is 11.5. The van der Waals surface area contributed by atoms with Gasteiger partial charge in [-0.2, -0.15) is 0 Å². The number of hydrogen-bond acceptors (Lipinski definition) is 5. The molecule has 17 heavy (non-hydrogen) atoms. The van der Waals surface area contributed by atoms with E-state index in [4.69, 9.17) is 0 Å². The first-order chi connectivity index (χ1) is 7.97. The van der Waals surface area contributed by atoms with Gasteiger partial charge >= 0.3 is 12.1 Å². The number of rotatable bonds is 2. The van der Waals surface area contributed by atoms with Crippen LogP contribution in [0.1, 0.15) is 13.3 Å². The van der Waals surface area contributed by atoms with Crippen LogP contribution in [-0.2, 0) is 9.63 Å². The SMILES string of the molecule is CCNC(=O)ON=C1CC(=O)N(C)C(=O)N1C. The molecule has 0 aliphatic carbocycles. The van der Waals surface area contributed by atoms with Crippen LogP contribution < -0.4 is 5.32 Å². The normalized spacial score (nSPS) is 18.6. The van der Waals surface area contributed by atoms with Crippen LogP contribution in [0.3, 0.4) is 0 Å². The van der Waals surface area contributed by atoms with Crippen molar-refractivity contribution >= 4 is 23.9 Å². The highest BCUT2D eigenvalue weighted by molar-refractivity contribution is 6.15. The second-order valence-corrected chi connectivity index (χ2v) is 3.39. The van der Waals surface area contributed by atoms with Crippen LogP contribution in [0.5, 0.6) is 0 Å². The Kier molecular flexibility index (Phi) is 4.02. The highest BCUT2D eigenvalue weighted by atomic mass is 16.7. The van der Waals surface area contributed by atoms with E-state index in [1.54, 1.807) is 6.92 Å². The summed E-state index contributed by atoms with van der Waals surface area (Å²) in [6.07, 6.45) is -0.815. The van der Waals surface area contributed by atoms with E-state index < -0.39 is 18.0 Å². The van der Waals surface area contributed by atoms with Gasteiger partial charge in [0.15, 0.2) is 5.84 Å². The predicted molar refractivity (Wildman–Crippen MR) is 58.1 cm³/mol. The smallest absolute Gasteiger partial charge is 0.320 e. The van der Waals surface area contributed by atoms with Crippen molar-refractivity contribution in [2.45, 2.75) is 13.3 Å². The molecule has 0 radical (unpaired) electrons. The molecule has 1 fully saturated rings. The number of hydrogen-bond donors (Lipinski definition) is 1. The first kappa shape index (κ1) is 12.9. The van der Waals surface area contributed by atoms with Gasteiger partial charge in [-0.25, -0.2) is 9.59 Å². The topological polar surface area (TPSA) is 91.3 Å². The van der Waals surface area contributed by atoms with E-state index in [0.717, 1.165) is 9.80 Å². The van der Waals surface area contributed by atoms with E-state index in [-0.39, 0.29) is 12.3 Å². The van der Waals surface area contributed by atoms with Gasteiger partial charge in [0.25, 0.3) is 0 Å². The van der Waals surface area contributed by atoms with Gasteiger partial charge in [-0.15, -0.1) is 0 Å². The Labute approximate surface area is 98.2 Å². The summed E-state index contributed by atoms with van der Waals surface area (Å²) < 4.78 is 0. The summed E-state index contributed by atoms with van der Waals surface area (Å²) in [6, 6.07) is -0.514. The number of oxime groups is 1. The minimum atomic E-state index is -0.729. The fourth-order valence-corrected chi connectivity index (χ4v) is 1.18. The zero-order valence-electron chi connectivity index (χ0n) is 9.89. The maximum Gasteiger partial charge on any atom is 0.433 e. The number of amides is 4. The number of carbonyl (C=O) groups is 3. The zero-order chi connectivity index (χ0) is 13.0. The number of nitrogens with one attached hydrogen (secondary N) is 1. The number of imide groups is 1. The molecular formula is C9H14N4O4. The molecule has 1 aliphatic heterocycles. The molecule has 0 saturated carbocycles. The third kappa shape index (κ3) is 2.92. The number of urea groups is 1. The van der Waals surface area contributed by atoms with Crippen molar-refractivity contribution in [1.29, 1.82) is 0 Å². The minimum Gasteiger partial charge on any atom is -0.320 e. The molecular weight excluding hydrogens is 228 g/mol. The van der Waals surface area contributed by atoms with Crippen molar-refractivity contribution in [2.24, 2.45) is 5.16 Å². The van der Waals surface area contributed by atoms with Crippen molar-refractivity contribution in [3.63, 3.8) is 0 Å². The first-order valence-electron chi connectivity index (χ1n) is 5.03. The number of nitrogens with zero attached hydrogens (tertiary/aromatic N) is 3. The van der Waals surface area contributed by atoms with Gasteiger partial charge in [0.05, 0.1) is 6.42 Å². The molecule has 1 heterocycles. The van der Waals surface area contributed by atoms with E-state index in [2.05, 4.69) is 15.3 Å². The van der Waals surface area contributed by atoms with Crippen LogP contribution in [-0.4, -0.2) is 54.3 Å². The van der Waals surface area contributed by atoms with Crippen molar-refractivity contribution in [3.8, 4) is 0 Å². The van der Waals surface area contributed by atoms with Crippen molar-refractivity contribution in [3.05, 3.63) is 0 Å². The molecule has 8 heteroatoms. The van der Waals surface area contributed by atoms with E-state index in [0.29, 0.717) is 6.54 Å². The van der Waals surface area contributed by atoms with Crippen LogP contribution in [0.25, 0.3) is 0 Å². The number of carbonyl (C=O) groups excluding carboxylic acids is 3. The maximum absolute atomic E-state index is 11.5. The van der Waals surface area contributed by atoms with Crippen LogP contribution in [0, 0.1) is 0 Å². The Morgan fingerprint density at radius 3 is 2.65 bits per heavy atom. The molecule has 0 bridgehead atoms. The minimum absolute atomic E-state index is 0.0852. The first-order valence-corrected chi connectivity index (χ1v) is 5.03. The molecule has 94 valence electrons. The number of amidine groups is 1. The molecule has 0 aromatic rings. The average molecular weight is 242 g/mol. The summed E-state index contributed by atoms with van der Waals surface area (Å²) in [4.78, 5) is 40.5. The molecule has 1 rings (SSSR count). The molecule has 1 saturated heterocycles. The largest absolute Gasteiger partial charge is 0.433 e. The van der Waals surface area contributed by atoms with Crippen molar-refractivity contribution < 1.29 is 19.2 Å². The van der Waals surface area contributed by atoms with Crippen molar-refractivity contribution in [2.75, 3.05) is 20.6 Å². The second-order valence-electron chi connectivity index (χ2n) is 3.39. The lowest BCUT2D eigenvalue weighted by Gasteiger charge is -2.29. The summed E-state index contributed by atoms with van der Waals surface area (Å²) in [5.74, 6) is -0.296. The summed E-state index contributed by atoms with van der Waals surface area (Å²) in [6.45, 7) is 2.13. The van der Waals surface area contributed by atoms with Gasteiger partial charge < -0.3 is 5.32 Å². The Hall–Kier alpha value is -2.12. The summed E-state index contributed by atoms with van der Waals surface area (Å²) in [5.41, 5.74) is 0. The quantitative estimate of drug-likeness (QED) is 0.543. The lowest BCUT2D eigenvalue weighted by atomic mass is 10.3. The highest BCUT2D eigenvalue weighted by Gasteiger charge is 2.32. The molecule has 1 N–H and O–H groups in total. The van der Waals surface area contributed by atoms with E-state index in [1.165, 1.54) is 14.1 Å². The van der Waals surface area contributed by atoms with E-state index in [9.17, 15) is 14.4 Å². The van der Waals surface area contributed by atoms with Gasteiger partial charge in [0, 0.05) is 20.6 Å². The molecule has 0 aromatic carbocycles. The summed E-state index contributed by atoms with van der Waals surface area (Å²) in [5, 5.41) is 5.84. The Balaban J connectivity index is 2.70. The Morgan fingerprint density at radius 2 is 2.06 bits per heavy atom. The predicted octanol–water partition coefficient (Wildman–Crippen LogP) is -0.0401. The Bertz CT molecular complexity index is 379. The van der Waals surface area contributed by atoms with Crippen LogP contribution >= 0.6 is 0 Å². The van der Waals surface area contributed by atoms with Crippen LogP contribution in [0.4, 0.5) is 9.59 Å². The van der Waals surface area contributed by atoms with E-state index in [1.807, 2.05) is 0 Å². The van der Waals surface area contributed by atoms with Crippen LogP contribution in [0.15, 0.2) is 5.16 Å². The lowest BCUT2D eigenvalue weighted by Crippen LogP contribution is -2.51. The summed E-state index contributed by atoms with van der Waals surface area (Å²) >= 11 is 0.